The van der Waals surface area contributed by atoms with E-state index in [2.05, 4.69) is 33.5 Å². The number of aromatic nitrogens is 2. The minimum absolute atomic E-state index is 0.679. The van der Waals surface area contributed by atoms with E-state index in [1.165, 1.54) is 31.4 Å². The summed E-state index contributed by atoms with van der Waals surface area (Å²) >= 11 is 0. The van der Waals surface area contributed by atoms with Crippen molar-refractivity contribution >= 4 is 16.7 Å². The zero-order valence-electron chi connectivity index (χ0n) is 10.3. The van der Waals surface area contributed by atoms with Gasteiger partial charge in [0.05, 0.1) is 11.0 Å². The highest BCUT2D eigenvalue weighted by molar-refractivity contribution is 5.78. The van der Waals surface area contributed by atoms with Gasteiger partial charge in [-0.15, -0.1) is 0 Å². The Morgan fingerprint density at radius 1 is 1.00 bits per heavy atom. The molecule has 2 saturated carbocycles. The largest absolute Gasteiger partial charge is 0.382 e. The van der Waals surface area contributed by atoms with E-state index in [1.807, 2.05) is 0 Å². The van der Waals surface area contributed by atoms with Crippen molar-refractivity contribution in [2.75, 3.05) is 5.32 Å². The van der Waals surface area contributed by atoms with E-state index in [4.69, 9.17) is 0 Å². The van der Waals surface area contributed by atoms with Gasteiger partial charge in [-0.2, -0.15) is 0 Å². The standard InChI is InChI=1S/C15H17N3/c1-2-11-7-10(1)8-14(11)18-12-3-4-13-15(9-12)17-6-5-16-13/h3-6,9-11,14,18H,1-2,7-8H2. The van der Waals surface area contributed by atoms with Crippen LogP contribution in [-0.4, -0.2) is 16.0 Å². The fourth-order valence-corrected chi connectivity index (χ4v) is 3.69. The molecule has 0 aliphatic heterocycles. The average Bonchev–Trinajstić information content (AvgIpc) is 3.01. The number of nitrogens with zero attached hydrogens (tertiary/aromatic N) is 2. The monoisotopic (exact) mass is 239 g/mol. The van der Waals surface area contributed by atoms with Crippen molar-refractivity contribution < 1.29 is 0 Å². The second-order valence-electron chi connectivity index (χ2n) is 5.69. The summed E-state index contributed by atoms with van der Waals surface area (Å²) in [5.74, 6) is 1.88. The molecule has 1 N–H and O–H groups in total. The predicted octanol–water partition coefficient (Wildman–Crippen LogP) is 3.23. The van der Waals surface area contributed by atoms with Crippen molar-refractivity contribution in [2.24, 2.45) is 11.8 Å². The molecule has 1 aromatic heterocycles. The number of rotatable bonds is 2. The molecule has 0 amide bonds. The lowest BCUT2D eigenvalue weighted by Crippen LogP contribution is -2.25. The molecule has 1 heterocycles. The molecular formula is C15H17N3. The molecule has 2 aliphatic rings. The topological polar surface area (TPSA) is 37.8 Å². The Labute approximate surface area is 107 Å². The van der Waals surface area contributed by atoms with Crippen molar-refractivity contribution in [1.82, 2.24) is 9.97 Å². The van der Waals surface area contributed by atoms with Gasteiger partial charge in [-0.3, -0.25) is 9.97 Å². The Morgan fingerprint density at radius 3 is 2.67 bits per heavy atom. The predicted molar refractivity (Wildman–Crippen MR) is 72.4 cm³/mol. The van der Waals surface area contributed by atoms with E-state index >= 15 is 0 Å². The van der Waals surface area contributed by atoms with E-state index in [-0.39, 0.29) is 0 Å². The first-order valence-corrected chi connectivity index (χ1v) is 6.86. The minimum atomic E-state index is 0.679. The minimum Gasteiger partial charge on any atom is -0.382 e. The number of nitrogens with one attached hydrogen (secondary N) is 1. The highest BCUT2D eigenvalue weighted by Gasteiger charge is 2.39. The average molecular weight is 239 g/mol. The summed E-state index contributed by atoms with van der Waals surface area (Å²) in [5.41, 5.74) is 3.14. The molecule has 3 heteroatoms. The molecule has 0 radical (unpaired) electrons. The van der Waals surface area contributed by atoms with E-state index < -0.39 is 0 Å². The molecule has 1 aromatic carbocycles. The Hall–Kier alpha value is -1.64. The van der Waals surface area contributed by atoms with Crippen LogP contribution in [-0.2, 0) is 0 Å². The van der Waals surface area contributed by atoms with Crippen LogP contribution in [0.4, 0.5) is 5.69 Å². The lowest BCUT2D eigenvalue weighted by atomic mass is 9.95. The molecule has 0 saturated heterocycles. The highest BCUT2D eigenvalue weighted by atomic mass is 14.9. The summed E-state index contributed by atoms with van der Waals surface area (Å²) in [4.78, 5) is 8.66. The Kier molecular flexibility index (Phi) is 2.25. The Morgan fingerprint density at radius 2 is 1.89 bits per heavy atom. The van der Waals surface area contributed by atoms with Gasteiger partial charge in [0.25, 0.3) is 0 Å². The van der Waals surface area contributed by atoms with Crippen LogP contribution in [0.1, 0.15) is 25.7 Å². The van der Waals surface area contributed by atoms with Crippen molar-refractivity contribution in [2.45, 2.75) is 31.7 Å². The molecule has 18 heavy (non-hydrogen) atoms. The molecule has 92 valence electrons. The van der Waals surface area contributed by atoms with Crippen LogP contribution in [0.15, 0.2) is 30.6 Å². The first-order chi connectivity index (χ1) is 8.88. The maximum absolute atomic E-state index is 4.36. The van der Waals surface area contributed by atoms with Gasteiger partial charge in [0, 0.05) is 24.1 Å². The second kappa shape index (κ2) is 3.94. The molecule has 4 rings (SSSR count). The molecule has 3 unspecified atom stereocenters. The summed E-state index contributed by atoms with van der Waals surface area (Å²) < 4.78 is 0. The van der Waals surface area contributed by atoms with Crippen LogP contribution in [0, 0.1) is 11.8 Å². The van der Waals surface area contributed by atoms with Crippen molar-refractivity contribution in [1.29, 1.82) is 0 Å². The van der Waals surface area contributed by atoms with Crippen LogP contribution in [0.5, 0.6) is 0 Å². The van der Waals surface area contributed by atoms with Crippen LogP contribution >= 0.6 is 0 Å². The van der Waals surface area contributed by atoms with Crippen molar-refractivity contribution in [3.05, 3.63) is 30.6 Å². The van der Waals surface area contributed by atoms with E-state index in [9.17, 15) is 0 Å². The van der Waals surface area contributed by atoms with Gasteiger partial charge in [-0.05, 0) is 49.3 Å². The van der Waals surface area contributed by atoms with Gasteiger partial charge in [0.15, 0.2) is 0 Å². The van der Waals surface area contributed by atoms with Crippen LogP contribution in [0.3, 0.4) is 0 Å². The number of hydrogen-bond donors (Lipinski definition) is 1. The van der Waals surface area contributed by atoms with Crippen molar-refractivity contribution in [3.8, 4) is 0 Å². The fourth-order valence-electron chi connectivity index (χ4n) is 3.69. The maximum Gasteiger partial charge on any atom is 0.0907 e. The third-order valence-corrected chi connectivity index (χ3v) is 4.56. The molecule has 2 aromatic rings. The van der Waals surface area contributed by atoms with E-state index in [1.54, 1.807) is 12.4 Å². The van der Waals surface area contributed by atoms with Crippen LogP contribution in [0.2, 0.25) is 0 Å². The third-order valence-electron chi connectivity index (χ3n) is 4.56. The van der Waals surface area contributed by atoms with Crippen molar-refractivity contribution in [3.63, 3.8) is 0 Å². The molecule has 2 aliphatic carbocycles. The fraction of sp³-hybridized carbons (Fsp3) is 0.467. The van der Waals surface area contributed by atoms with Gasteiger partial charge >= 0.3 is 0 Å². The maximum atomic E-state index is 4.36. The van der Waals surface area contributed by atoms with Crippen LogP contribution < -0.4 is 5.32 Å². The molecule has 0 spiro atoms. The van der Waals surface area contributed by atoms with Gasteiger partial charge in [-0.25, -0.2) is 0 Å². The van der Waals surface area contributed by atoms with Crippen LogP contribution in [0.25, 0.3) is 11.0 Å². The zero-order chi connectivity index (χ0) is 11.9. The highest BCUT2D eigenvalue weighted by Crippen LogP contribution is 2.45. The van der Waals surface area contributed by atoms with Gasteiger partial charge in [0.2, 0.25) is 0 Å². The first-order valence-electron chi connectivity index (χ1n) is 6.86. The lowest BCUT2D eigenvalue weighted by Gasteiger charge is -2.24. The summed E-state index contributed by atoms with van der Waals surface area (Å²) in [7, 11) is 0. The molecule has 3 nitrogen and oxygen atoms in total. The quantitative estimate of drug-likeness (QED) is 0.874. The number of hydrogen-bond acceptors (Lipinski definition) is 3. The summed E-state index contributed by atoms with van der Waals surface area (Å²) in [6, 6.07) is 6.98. The zero-order valence-corrected chi connectivity index (χ0v) is 10.3. The number of anilines is 1. The van der Waals surface area contributed by atoms with Gasteiger partial charge < -0.3 is 5.32 Å². The summed E-state index contributed by atoms with van der Waals surface area (Å²) in [6.45, 7) is 0. The van der Waals surface area contributed by atoms with Gasteiger partial charge in [0.1, 0.15) is 0 Å². The SMILES string of the molecule is c1cnc2cc(NC3CC4CCC3C4)ccc2n1. The van der Waals surface area contributed by atoms with E-state index in [0.717, 1.165) is 22.9 Å². The normalized spacial score (nSPS) is 29.9. The van der Waals surface area contributed by atoms with Gasteiger partial charge in [-0.1, -0.05) is 6.42 Å². The number of benzene rings is 1. The molecule has 2 fully saturated rings. The summed E-state index contributed by atoms with van der Waals surface area (Å²) in [6.07, 6.45) is 9.14. The smallest absolute Gasteiger partial charge is 0.0907 e. The first kappa shape index (κ1) is 10.3. The summed E-state index contributed by atoms with van der Waals surface area (Å²) in [5, 5.41) is 3.70. The Bertz CT molecular complexity index is 581. The molecule has 3 atom stereocenters. The number of fused-ring (bicyclic) bond motifs is 3. The third kappa shape index (κ3) is 1.65. The van der Waals surface area contributed by atoms with E-state index in [0.29, 0.717) is 6.04 Å². The second-order valence-corrected chi connectivity index (χ2v) is 5.69. The Balaban J connectivity index is 1.59. The lowest BCUT2D eigenvalue weighted by molar-refractivity contribution is 0.440. The molecular weight excluding hydrogens is 222 g/mol. The molecule has 2 bridgehead atoms.